The third kappa shape index (κ3) is 6.38. The van der Waals surface area contributed by atoms with Crippen LogP contribution in [-0.2, 0) is 28.5 Å². The molecule has 216 valence electrons. The van der Waals surface area contributed by atoms with E-state index in [1.807, 2.05) is 0 Å². The van der Waals surface area contributed by atoms with Gasteiger partial charge in [-0.2, -0.15) is 0 Å². The van der Waals surface area contributed by atoms with Crippen LogP contribution in [0.2, 0.25) is 0 Å². The van der Waals surface area contributed by atoms with Gasteiger partial charge in [-0.15, -0.1) is 0 Å². The molecule has 3 fully saturated rings. The van der Waals surface area contributed by atoms with Crippen molar-refractivity contribution in [3.8, 4) is 0 Å². The molecule has 3 rings (SSSR count). The summed E-state index contributed by atoms with van der Waals surface area (Å²) in [5, 5.41) is 103. The van der Waals surface area contributed by atoms with Crippen molar-refractivity contribution >= 4 is 5.91 Å². The van der Waals surface area contributed by atoms with E-state index >= 15 is 0 Å². The zero-order valence-electron chi connectivity index (χ0n) is 19.7. The second-order valence-corrected chi connectivity index (χ2v) is 9.07. The lowest BCUT2D eigenvalue weighted by molar-refractivity contribution is -0.373. The smallest absolute Gasteiger partial charge is 0.217 e. The fourth-order valence-electron chi connectivity index (χ4n) is 4.46. The number of ether oxygens (including phenoxy) is 5. The summed E-state index contributed by atoms with van der Waals surface area (Å²) in [6.07, 6.45) is -23.4. The minimum atomic E-state index is -1.91. The summed E-state index contributed by atoms with van der Waals surface area (Å²) in [6.45, 7) is -1.25. The molecule has 0 radical (unpaired) electrons. The van der Waals surface area contributed by atoms with Crippen molar-refractivity contribution in [1.29, 1.82) is 0 Å². The normalized spacial score (nSPS) is 49.0. The third-order valence-electron chi connectivity index (χ3n) is 6.49. The fraction of sp³-hybridized carbons (Fsp3) is 0.950. The largest absolute Gasteiger partial charge is 0.394 e. The first kappa shape index (κ1) is 30.4. The van der Waals surface area contributed by atoms with Crippen molar-refractivity contribution in [2.24, 2.45) is 0 Å². The Hall–Kier alpha value is -1.13. The van der Waals surface area contributed by atoms with E-state index in [-0.39, 0.29) is 0 Å². The van der Waals surface area contributed by atoms with Gasteiger partial charge in [-0.3, -0.25) is 4.79 Å². The van der Waals surface area contributed by atoms with E-state index in [0.717, 1.165) is 6.92 Å². The SMILES string of the molecule is CC(=O)N[C@H]1[C@H](O[C@H]2[C@@H](O)[C@@H](CO)O[C@H](O[C@@H]3[C@H](O)[C@@H](O)[C@H](O)O[C@@H]3CO)[C@@H]2O)O[C@H](CO)[C@H](O)[C@@H]1O. The quantitative estimate of drug-likeness (QED) is 0.135. The molecule has 11 N–H and O–H groups in total. The second-order valence-electron chi connectivity index (χ2n) is 9.07. The lowest BCUT2D eigenvalue weighted by Crippen LogP contribution is -2.68. The second kappa shape index (κ2) is 12.8. The van der Waals surface area contributed by atoms with Crippen LogP contribution in [0, 0.1) is 0 Å². The van der Waals surface area contributed by atoms with E-state index in [0.29, 0.717) is 0 Å². The Balaban J connectivity index is 1.83. The van der Waals surface area contributed by atoms with E-state index in [1.54, 1.807) is 0 Å². The molecule has 0 aromatic heterocycles. The van der Waals surface area contributed by atoms with Crippen molar-refractivity contribution in [2.75, 3.05) is 19.8 Å². The van der Waals surface area contributed by atoms with E-state index in [4.69, 9.17) is 23.7 Å². The van der Waals surface area contributed by atoms with Gasteiger partial charge in [0.15, 0.2) is 18.9 Å². The van der Waals surface area contributed by atoms with Gasteiger partial charge in [-0.25, -0.2) is 0 Å². The molecule has 0 saturated carbocycles. The van der Waals surface area contributed by atoms with Crippen molar-refractivity contribution in [3.63, 3.8) is 0 Å². The summed E-state index contributed by atoms with van der Waals surface area (Å²) in [5.74, 6) is -0.652. The molecular weight excluding hydrogens is 510 g/mol. The van der Waals surface area contributed by atoms with Gasteiger partial charge in [-0.05, 0) is 0 Å². The number of aliphatic hydroxyl groups is 10. The zero-order chi connectivity index (χ0) is 27.6. The number of rotatable bonds is 8. The van der Waals surface area contributed by atoms with E-state index in [9.17, 15) is 55.9 Å². The minimum absolute atomic E-state index is 0.652. The van der Waals surface area contributed by atoms with Crippen LogP contribution in [0.4, 0.5) is 0 Å². The maximum Gasteiger partial charge on any atom is 0.217 e. The maximum atomic E-state index is 11.7. The van der Waals surface area contributed by atoms with Crippen LogP contribution < -0.4 is 5.32 Å². The number of carbonyl (C=O) groups excluding carboxylic acids is 1. The van der Waals surface area contributed by atoms with Crippen molar-refractivity contribution in [2.45, 2.75) is 99.0 Å². The molecule has 0 aliphatic carbocycles. The standard InChI is InChI=1S/C20H35NO16/c1-5(25)21-9-12(28)10(26)6(2-22)34-19(9)37-17-11(27)7(3-23)35-20(15(17)31)36-16-8(4-24)33-18(32)14(30)13(16)29/h6-20,22-24,26-32H,2-4H2,1H3,(H,21,25)/t6-,7-,8-,9-,10+,11+,12-,13-,14-,15-,16+,17+,18-,19+,20-/m1/s1. The molecule has 15 atom stereocenters. The number of aliphatic hydroxyl groups excluding tert-OH is 10. The van der Waals surface area contributed by atoms with Gasteiger partial charge in [0, 0.05) is 6.92 Å². The topological polar surface area (TPSA) is 278 Å². The Morgan fingerprint density at radius 2 is 1.19 bits per heavy atom. The number of nitrogens with one attached hydrogen (secondary N) is 1. The van der Waals surface area contributed by atoms with Gasteiger partial charge in [-0.1, -0.05) is 0 Å². The lowest BCUT2D eigenvalue weighted by atomic mass is 9.95. The van der Waals surface area contributed by atoms with Crippen LogP contribution in [0.3, 0.4) is 0 Å². The molecule has 17 nitrogen and oxygen atoms in total. The highest BCUT2D eigenvalue weighted by Crippen LogP contribution is 2.32. The molecule has 1 amide bonds. The van der Waals surface area contributed by atoms with Crippen LogP contribution >= 0.6 is 0 Å². The van der Waals surface area contributed by atoms with Crippen molar-refractivity contribution in [1.82, 2.24) is 5.32 Å². The average molecular weight is 545 g/mol. The Morgan fingerprint density at radius 3 is 1.76 bits per heavy atom. The molecule has 3 aliphatic rings. The molecule has 17 heteroatoms. The van der Waals surface area contributed by atoms with Crippen molar-refractivity contribution in [3.05, 3.63) is 0 Å². The molecule has 0 spiro atoms. The molecule has 3 aliphatic heterocycles. The molecule has 3 heterocycles. The molecule has 0 unspecified atom stereocenters. The Bertz CT molecular complexity index is 745. The molecule has 37 heavy (non-hydrogen) atoms. The van der Waals surface area contributed by atoms with Crippen LogP contribution in [-0.4, -0.2) is 169 Å². The van der Waals surface area contributed by atoms with Gasteiger partial charge in [0.1, 0.15) is 73.2 Å². The number of amides is 1. The maximum absolute atomic E-state index is 11.7. The highest BCUT2D eigenvalue weighted by Gasteiger charge is 2.53. The predicted octanol–water partition coefficient (Wildman–Crippen LogP) is -7.43. The lowest BCUT2D eigenvalue weighted by Gasteiger charge is -2.48. The van der Waals surface area contributed by atoms with Crippen LogP contribution in [0.25, 0.3) is 0 Å². The zero-order valence-corrected chi connectivity index (χ0v) is 19.7. The van der Waals surface area contributed by atoms with E-state index in [2.05, 4.69) is 5.32 Å². The highest BCUT2D eigenvalue weighted by atomic mass is 16.7. The summed E-state index contributed by atoms with van der Waals surface area (Å²) < 4.78 is 27.0. The number of hydrogen-bond acceptors (Lipinski definition) is 16. The Kier molecular flexibility index (Phi) is 10.5. The van der Waals surface area contributed by atoms with E-state index in [1.165, 1.54) is 0 Å². The monoisotopic (exact) mass is 545 g/mol. The fourth-order valence-corrected chi connectivity index (χ4v) is 4.46. The van der Waals surface area contributed by atoms with Crippen LogP contribution in [0.5, 0.6) is 0 Å². The summed E-state index contributed by atoms with van der Waals surface area (Å²) in [6, 6.07) is -1.42. The molecule has 0 aromatic carbocycles. The van der Waals surface area contributed by atoms with E-state index < -0.39 is 118 Å². The van der Waals surface area contributed by atoms with Gasteiger partial charge in [0.05, 0.1) is 19.8 Å². The summed E-state index contributed by atoms with van der Waals surface area (Å²) in [7, 11) is 0. The predicted molar refractivity (Wildman–Crippen MR) is 113 cm³/mol. The molecule has 0 bridgehead atoms. The van der Waals surface area contributed by atoms with Gasteiger partial charge in [0.2, 0.25) is 5.91 Å². The molecule has 0 aromatic rings. The van der Waals surface area contributed by atoms with Crippen LogP contribution in [0.15, 0.2) is 0 Å². The van der Waals surface area contributed by atoms with Gasteiger partial charge in [0.25, 0.3) is 0 Å². The Morgan fingerprint density at radius 1 is 0.649 bits per heavy atom. The number of carbonyl (C=O) groups is 1. The average Bonchev–Trinajstić information content (AvgIpc) is 2.86. The Labute approximate surface area is 210 Å². The van der Waals surface area contributed by atoms with Gasteiger partial charge < -0.3 is 80.1 Å². The highest BCUT2D eigenvalue weighted by molar-refractivity contribution is 5.73. The minimum Gasteiger partial charge on any atom is -0.394 e. The summed E-state index contributed by atoms with van der Waals surface area (Å²) in [5.41, 5.74) is 0. The first-order valence-electron chi connectivity index (χ1n) is 11.6. The first-order valence-corrected chi connectivity index (χ1v) is 11.6. The molecular formula is C20H35NO16. The summed E-state index contributed by atoms with van der Waals surface area (Å²) in [4.78, 5) is 11.7. The number of hydrogen-bond donors (Lipinski definition) is 11. The van der Waals surface area contributed by atoms with Crippen molar-refractivity contribution < 1.29 is 79.5 Å². The third-order valence-corrected chi connectivity index (χ3v) is 6.49. The molecule has 3 saturated heterocycles. The van der Waals surface area contributed by atoms with Crippen LogP contribution in [0.1, 0.15) is 6.92 Å². The van der Waals surface area contributed by atoms with Gasteiger partial charge >= 0.3 is 0 Å². The summed E-state index contributed by atoms with van der Waals surface area (Å²) >= 11 is 0. The first-order chi connectivity index (χ1) is 17.4.